The fourth-order valence-corrected chi connectivity index (χ4v) is 3.66. The molecule has 1 aliphatic heterocycles. The second-order valence-electron chi connectivity index (χ2n) is 7.33. The smallest absolute Gasteiger partial charge is 0.328 e. The van der Waals surface area contributed by atoms with E-state index in [1.165, 1.54) is 18.0 Å². The number of alkyl halides is 3. The molecule has 4 rings (SSSR count). The zero-order valence-electron chi connectivity index (χ0n) is 16.8. The number of hydrogen-bond donors (Lipinski definition) is 0. The Labute approximate surface area is 175 Å². The summed E-state index contributed by atoms with van der Waals surface area (Å²) in [7, 11) is 1.46. The minimum absolute atomic E-state index is 0.141. The van der Waals surface area contributed by atoms with Crippen molar-refractivity contribution in [3.63, 3.8) is 0 Å². The van der Waals surface area contributed by atoms with Gasteiger partial charge in [-0.15, -0.1) is 5.10 Å². The molecule has 3 heterocycles. The number of nitrogens with zero attached hydrogens (tertiary/aromatic N) is 6. The fourth-order valence-electron chi connectivity index (χ4n) is 3.66. The van der Waals surface area contributed by atoms with Crippen molar-refractivity contribution < 1.29 is 22.8 Å². The van der Waals surface area contributed by atoms with Crippen LogP contribution in [0.4, 0.5) is 18.9 Å². The lowest BCUT2D eigenvalue weighted by molar-refractivity contribution is -0.144. The standard InChI is InChI=1S/C20H19F3N6O2/c1-12-11-15(29-19(24-12)25-18(26-29)20(21,22)23)16(30)27(2)14-9-6-10-28(17(14)31)13-7-4-3-5-8-13/h3-5,7-8,11,14H,6,9-10H2,1-2H3. The molecule has 8 nitrogen and oxygen atoms in total. The third-order valence-electron chi connectivity index (χ3n) is 5.18. The van der Waals surface area contributed by atoms with Gasteiger partial charge in [-0.3, -0.25) is 9.59 Å². The zero-order chi connectivity index (χ0) is 22.3. The number of halogens is 3. The van der Waals surface area contributed by atoms with E-state index in [-0.39, 0.29) is 17.4 Å². The minimum Gasteiger partial charge on any atom is -0.328 e. The Hall–Kier alpha value is -3.50. The highest BCUT2D eigenvalue weighted by atomic mass is 19.4. The fraction of sp³-hybridized carbons (Fsp3) is 0.350. The van der Waals surface area contributed by atoms with Gasteiger partial charge in [-0.25, -0.2) is 4.98 Å². The number of benzene rings is 1. The van der Waals surface area contributed by atoms with Gasteiger partial charge in [0.1, 0.15) is 11.7 Å². The Kier molecular flexibility index (Phi) is 5.11. The third-order valence-corrected chi connectivity index (χ3v) is 5.18. The molecule has 0 saturated carbocycles. The molecule has 1 saturated heterocycles. The number of fused-ring (bicyclic) bond motifs is 1. The molecule has 1 aliphatic rings. The first-order chi connectivity index (χ1) is 14.7. The predicted molar refractivity (Wildman–Crippen MR) is 104 cm³/mol. The van der Waals surface area contributed by atoms with Crippen LogP contribution >= 0.6 is 0 Å². The van der Waals surface area contributed by atoms with Gasteiger partial charge in [0.25, 0.3) is 17.5 Å². The van der Waals surface area contributed by atoms with E-state index in [1.807, 2.05) is 30.3 Å². The Morgan fingerprint density at radius 1 is 1.19 bits per heavy atom. The van der Waals surface area contributed by atoms with Crippen LogP contribution in [0, 0.1) is 6.92 Å². The SMILES string of the molecule is Cc1cc(C(=O)N(C)C2CCCN(c3ccccc3)C2=O)n2nc(C(F)(F)F)nc2n1. The van der Waals surface area contributed by atoms with Gasteiger partial charge < -0.3 is 9.80 Å². The number of carbonyl (C=O) groups excluding carboxylic acids is 2. The quantitative estimate of drug-likeness (QED) is 0.636. The number of anilines is 1. The number of aromatic nitrogens is 4. The Morgan fingerprint density at radius 2 is 1.90 bits per heavy atom. The van der Waals surface area contributed by atoms with E-state index in [0.717, 1.165) is 10.2 Å². The lowest BCUT2D eigenvalue weighted by Gasteiger charge is -2.36. The molecule has 0 N–H and O–H groups in total. The van der Waals surface area contributed by atoms with Gasteiger partial charge in [0, 0.05) is 25.0 Å². The van der Waals surface area contributed by atoms with Gasteiger partial charge in [-0.05, 0) is 38.0 Å². The topological polar surface area (TPSA) is 83.7 Å². The molecule has 1 fully saturated rings. The van der Waals surface area contributed by atoms with Crippen LogP contribution in [0.2, 0.25) is 0 Å². The summed E-state index contributed by atoms with van der Waals surface area (Å²) in [6.45, 7) is 2.07. The van der Waals surface area contributed by atoms with Crippen molar-refractivity contribution >= 4 is 23.3 Å². The van der Waals surface area contributed by atoms with E-state index in [9.17, 15) is 22.8 Å². The maximum atomic E-state index is 13.2. The molecule has 1 aromatic carbocycles. The van der Waals surface area contributed by atoms with Crippen LogP contribution in [-0.2, 0) is 11.0 Å². The Bertz CT molecular complexity index is 1150. The van der Waals surface area contributed by atoms with Crippen LogP contribution < -0.4 is 4.90 Å². The van der Waals surface area contributed by atoms with Gasteiger partial charge in [-0.2, -0.15) is 22.7 Å². The minimum atomic E-state index is -4.77. The van der Waals surface area contributed by atoms with Gasteiger partial charge in [0.05, 0.1) is 0 Å². The number of likely N-dealkylation sites (N-methyl/N-ethyl adjacent to an activating group) is 1. The van der Waals surface area contributed by atoms with Crippen molar-refractivity contribution in [2.45, 2.75) is 32.0 Å². The van der Waals surface area contributed by atoms with Crippen molar-refractivity contribution in [1.29, 1.82) is 0 Å². The molecule has 3 aromatic rings. The van der Waals surface area contributed by atoms with Gasteiger partial charge in [0.15, 0.2) is 0 Å². The third kappa shape index (κ3) is 3.82. The van der Waals surface area contributed by atoms with Gasteiger partial charge >= 0.3 is 6.18 Å². The van der Waals surface area contributed by atoms with E-state index in [1.54, 1.807) is 11.8 Å². The number of carbonyl (C=O) groups is 2. The van der Waals surface area contributed by atoms with Crippen molar-refractivity contribution in [3.05, 3.63) is 53.6 Å². The molecular weight excluding hydrogens is 413 g/mol. The average molecular weight is 432 g/mol. The van der Waals surface area contributed by atoms with Crippen molar-refractivity contribution in [3.8, 4) is 0 Å². The largest absolute Gasteiger partial charge is 0.453 e. The molecule has 11 heteroatoms. The van der Waals surface area contributed by atoms with Crippen molar-refractivity contribution in [2.24, 2.45) is 0 Å². The number of piperidine rings is 1. The molecule has 31 heavy (non-hydrogen) atoms. The van der Waals surface area contributed by atoms with Gasteiger partial charge in [0.2, 0.25) is 5.91 Å². The lowest BCUT2D eigenvalue weighted by atomic mass is 10.0. The first kappa shape index (κ1) is 20.8. The summed E-state index contributed by atoms with van der Waals surface area (Å²) in [6.07, 6.45) is -3.65. The number of para-hydroxylation sites is 1. The number of aryl methyl sites for hydroxylation is 1. The first-order valence-electron chi connectivity index (χ1n) is 9.62. The molecule has 0 radical (unpaired) electrons. The van der Waals surface area contributed by atoms with Gasteiger partial charge in [-0.1, -0.05) is 18.2 Å². The van der Waals surface area contributed by atoms with E-state index in [4.69, 9.17) is 0 Å². The van der Waals surface area contributed by atoms with E-state index in [2.05, 4.69) is 15.1 Å². The number of rotatable bonds is 3. The highest BCUT2D eigenvalue weighted by Gasteiger charge is 2.38. The average Bonchev–Trinajstić information content (AvgIpc) is 3.17. The van der Waals surface area contributed by atoms with Crippen LogP contribution in [0.5, 0.6) is 0 Å². The van der Waals surface area contributed by atoms with E-state index in [0.29, 0.717) is 25.1 Å². The molecule has 162 valence electrons. The van der Waals surface area contributed by atoms with Crippen molar-refractivity contribution in [1.82, 2.24) is 24.5 Å². The second kappa shape index (κ2) is 7.64. The summed E-state index contributed by atoms with van der Waals surface area (Å²) in [6, 6.07) is 9.69. The highest BCUT2D eigenvalue weighted by molar-refractivity contribution is 6.02. The zero-order valence-corrected chi connectivity index (χ0v) is 16.8. The molecule has 0 spiro atoms. The number of amides is 2. The molecule has 0 aliphatic carbocycles. The normalized spacial score (nSPS) is 17.3. The summed E-state index contributed by atoms with van der Waals surface area (Å²) in [4.78, 5) is 36.5. The molecule has 1 unspecified atom stereocenters. The van der Waals surface area contributed by atoms with Crippen LogP contribution in [0.15, 0.2) is 36.4 Å². The van der Waals surface area contributed by atoms with E-state index < -0.39 is 23.9 Å². The molecule has 0 bridgehead atoms. The van der Waals surface area contributed by atoms with Crippen LogP contribution in [0.3, 0.4) is 0 Å². The Balaban J connectivity index is 1.67. The van der Waals surface area contributed by atoms with Crippen LogP contribution in [0.25, 0.3) is 5.78 Å². The molecule has 1 atom stereocenters. The maximum absolute atomic E-state index is 13.2. The lowest BCUT2D eigenvalue weighted by Crippen LogP contribution is -2.53. The van der Waals surface area contributed by atoms with Crippen LogP contribution in [0.1, 0.15) is 34.8 Å². The molecule has 2 amide bonds. The second-order valence-corrected chi connectivity index (χ2v) is 7.33. The van der Waals surface area contributed by atoms with Crippen molar-refractivity contribution in [2.75, 3.05) is 18.5 Å². The van der Waals surface area contributed by atoms with Crippen LogP contribution in [-0.4, -0.2) is 55.9 Å². The molecule has 2 aromatic heterocycles. The Morgan fingerprint density at radius 3 is 2.58 bits per heavy atom. The summed E-state index contributed by atoms with van der Waals surface area (Å²) >= 11 is 0. The highest BCUT2D eigenvalue weighted by Crippen LogP contribution is 2.27. The summed E-state index contributed by atoms with van der Waals surface area (Å²) in [5.41, 5.74) is 0.898. The van der Waals surface area contributed by atoms with E-state index >= 15 is 0 Å². The summed E-state index contributed by atoms with van der Waals surface area (Å²) in [5.74, 6) is -2.59. The predicted octanol–water partition coefficient (Wildman–Crippen LogP) is 2.72. The maximum Gasteiger partial charge on any atom is 0.453 e. The molecular formula is C20H19F3N6O2. The summed E-state index contributed by atoms with van der Waals surface area (Å²) < 4.78 is 39.9. The number of hydrogen-bond acceptors (Lipinski definition) is 5. The first-order valence-corrected chi connectivity index (χ1v) is 9.62. The summed E-state index contributed by atoms with van der Waals surface area (Å²) in [5, 5.41) is 3.43. The monoisotopic (exact) mass is 432 g/mol.